The fourth-order valence-corrected chi connectivity index (χ4v) is 9.28. The lowest BCUT2D eigenvalue weighted by Gasteiger charge is -2.60. The zero-order chi connectivity index (χ0) is 44.2. The lowest BCUT2D eigenvalue weighted by atomic mass is 9.55. The largest absolute Gasteiger partial charge is 0.459 e. The minimum absolute atomic E-state index is 0.0160. The predicted molar refractivity (Wildman–Crippen MR) is 234 cm³/mol. The van der Waals surface area contributed by atoms with Crippen molar-refractivity contribution in [1.29, 1.82) is 0 Å². The number of rotatable bonds is 22. The van der Waals surface area contributed by atoms with Gasteiger partial charge < -0.3 is 34.2 Å². The number of ether oxygens (including phenoxy) is 3. The molecule has 6 unspecified atom stereocenters. The van der Waals surface area contributed by atoms with E-state index in [1.165, 1.54) is 30.3 Å². The van der Waals surface area contributed by atoms with E-state index in [4.69, 9.17) is 24.2 Å². The van der Waals surface area contributed by atoms with Gasteiger partial charge in [-0.05, 0) is 104 Å². The summed E-state index contributed by atoms with van der Waals surface area (Å²) in [6.07, 6.45) is 12.1. The number of oxime groups is 1. The van der Waals surface area contributed by atoms with E-state index in [-0.39, 0.29) is 61.3 Å². The van der Waals surface area contributed by atoms with Crippen molar-refractivity contribution < 1.29 is 43.9 Å². The molecule has 3 aromatic carbocycles. The second-order valence-electron chi connectivity index (χ2n) is 15.8. The molecule has 6 atom stereocenters. The maximum absolute atomic E-state index is 14.6. The molecule has 1 amide bonds. The Bertz CT molecular complexity index is 2160. The Morgan fingerprint density at radius 2 is 1.69 bits per heavy atom. The monoisotopic (exact) mass is 852 g/mol. The first-order valence-electron chi connectivity index (χ1n) is 21.4. The summed E-state index contributed by atoms with van der Waals surface area (Å²) in [5, 5.41) is 47.4. The Morgan fingerprint density at radius 3 is 2.37 bits per heavy atom. The molecule has 3 aromatic rings. The molecule has 1 heterocycles. The first-order chi connectivity index (χ1) is 30.1. The van der Waals surface area contributed by atoms with Crippen LogP contribution >= 0.6 is 0 Å². The standard InChI is InChI=1S/C47H56N4O11/c1-4-24-49(44(54)23-18-32-16-19-34(20-17-32)50(55)56)43-31-41(48-60-6-3)39-28-33(12-7-9-25-52)38(15-8-10-26-53)45-40-30-37(61-36-14-11-13-35(29-36)51(57)58)21-22-42(40)62-47(43,46(39)45)59-27-5-2/h5,11,13-14,16-23,28-30,33,38,43,45-46,52-53H,2,4,6-10,12,15,24-27,31H2,1,3H3. The molecule has 3 aliphatic rings. The van der Waals surface area contributed by atoms with Crippen molar-refractivity contribution in [3.05, 3.63) is 128 Å². The van der Waals surface area contributed by atoms with Crippen LogP contribution in [0.25, 0.3) is 6.08 Å². The summed E-state index contributed by atoms with van der Waals surface area (Å²) in [7, 11) is 0. The second kappa shape index (κ2) is 21.3. The molecule has 2 N–H and O–H groups in total. The fourth-order valence-electron chi connectivity index (χ4n) is 9.28. The topological polar surface area (TPSA) is 196 Å². The molecule has 0 bridgehead atoms. The van der Waals surface area contributed by atoms with E-state index in [0.29, 0.717) is 60.9 Å². The third-order valence-corrected chi connectivity index (χ3v) is 11.9. The number of hydrogen-bond acceptors (Lipinski definition) is 12. The molecular formula is C47H56N4O11. The van der Waals surface area contributed by atoms with Crippen LogP contribution in [0, 0.1) is 38.0 Å². The minimum atomic E-state index is -1.47. The molecule has 1 saturated carbocycles. The molecular weight excluding hydrogens is 797 g/mol. The summed E-state index contributed by atoms with van der Waals surface area (Å²) in [6.45, 7) is 8.67. The number of amides is 1. The highest BCUT2D eigenvalue weighted by Gasteiger charge is 2.65. The molecule has 0 spiro atoms. The van der Waals surface area contributed by atoms with Crippen molar-refractivity contribution in [1.82, 2.24) is 4.90 Å². The quantitative estimate of drug-likeness (QED) is 0.0322. The summed E-state index contributed by atoms with van der Waals surface area (Å²) < 4.78 is 20.6. The number of carbonyl (C=O) groups excluding carboxylic acids is 1. The third kappa shape index (κ3) is 10.1. The van der Waals surface area contributed by atoms with E-state index in [0.717, 1.165) is 36.8 Å². The van der Waals surface area contributed by atoms with Crippen LogP contribution in [0.2, 0.25) is 0 Å². The highest BCUT2D eigenvalue weighted by Crippen LogP contribution is 2.62. The van der Waals surface area contributed by atoms with Crippen LogP contribution in [0.5, 0.6) is 17.2 Å². The molecule has 0 aromatic heterocycles. The number of hydrogen-bond donors (Lipinski definition) is 2. The number of unbranched alkanes of at least 4 members (excludes halogenated alkanes) is 2. The minimum Gasteiger partial charge on any atom is -0.459 e. The van der Waals surface area contributed by atoms with Gasteiger partial charge in [0.1, 0.15) is 29.9 Å². The molecule has 0 saturated heterocycles. The number of carbonyl (C=O) groups is 1. The smallest absolute Gasteiger partial charge is 0.273 e. The fraction of sp³-hybridized carbons (Fsp3) is 0.447. The van der Waals surface area contributed by atoms with Crippen LogP contribution in [0.4, 0.5) is 11.4 Å². The van der Waals surface area contributed by atoms with Gasteiger partial charge in [-0.1, -0.05) is 43.1 Å². The van der Waals surface area contributed by atoms with Crippen LogP contribution in [0.3, 0.4) is 0 Å². The normalized spacial score (nSPS) is 23.1. The van der Waals surface area contributed by atoms with Crippen molar-refractivity contribution in [2.45, 2.75) is 83.0 Å². The van der Waals surface area contributed by atoms with Gasteiger partial charge in [-0.3, -0.25) is 25.0 Å². The van der Waals surface area contributed by atoms with Gasteiger partial charge in [0.15, 0.2) is 0 Å². The summed E-state index contributed by atoms with van der Waals surface area (Å²) in [6, 6.07) is 16.7. The highest BCUT2D eigenvalue weighted by atomic mass is 16.7. The van der Waals surface area contributed by atoms with Crippen molar-refractivity contribution in [3.8, 4) is 17.2 Å². The van der Waals surface area contributed by atoms with Gasteiger partial charge in [0.25, 0.3) is 11.4 Å². The van der Waals surface area contributed by atoms with Gasteiger partial charge >= 0.3 is 0 Å². The van der Waals surface area contributed by atoms with Crippen molar-refractivity contribution >= 4 is 29.1 Å². The number of nitrogens with zero attached hydrogens (tertiary/aromatic N) is 4. The van der Waals surface area contributed by atoms with Gasteiger partial charge in [0.05, 0.1) is 34.1 Å². The number of nitro groups is 2. The summed E-state index contributed by atoms with van der Waals surface area (Å²) >= 11 is 0. The Labute approximate surface area is 361 Å². The van der Waals surface area contributed by atoms with Gasteiger partial charge in [-0.15, -0.1) is 6.58 Å². The molecule has 330 valence electrons. The molecule has 15 nitrogen and oxygen atoms in total. The zero-order valence-electron chi connectivity index (χ0n) is 35.3. The molecule has 6 rings (SSSR count). The van der Waals surface area contributed by atoms with E-state index in [9.17, 15) is 35.2 Å². The Hall–Kier alpha value is -5.90. The van der Waals surface area contributed by atoms with Crippen LogP contribution in [-0.2, 0) is 14.4 Å². The molecule has 1 fully saturated rings. The highest BCUT2D eigenvalue weighted by molar-refractivity contribution is 6.03. The Kier molecular flexibility index (Phi) is 15.6. The lowest BCUT2D eigenvalue weighted by molar-refractivity contribution is -0.385. The molecule has 15 heteroatoms. The number of nitro benzene ring substituents is 2. The summed E-state index contributed by atoms with van der Waals surface area (Å²) in [5.41, 5.74) is 2.84. The first-order valence-corrected chi connectivity index (χ1v) is 21.4. The molecule has 62 heavy (non-hydrogen) atoms. The van der Waals surface area contributed by atoms with Crippen LogP contribution in [0.15, 0.2) is 102 Å². The van der Waals surface area contributed by atoms with Crippen molar-refractivity contribution in [3.63, 3.8) is 0 Å². The van der Waals surface area contributed by atoms with E-state index >= 15 is 0 Å². The predicted octanol–water partition coefficient (Wildman–Crippen LogP) is 8.90. The van der Waals surface area contributed by atoms with Crippen molar-refractivity contribution in [2.75, 3.05) is 33.0 Å². The second-order valence-corrected chi connectivity index (χ2v) is 15.8. The number of aliphatic hydroxyl groups is 2. The van der Waals surface area contributed by atoms with Gasteiger partial charge in [0, 0.05) is 61.9 Å². The van der Waals surface area contributed by atoms with Crippen LogP contribution in [-0.4, -0.2) is 81.4 Å². The van der Waals surface area contributed by atoms with Gasteiger partial charge in [-0.25, -0.2) is 0 Å². The number of aliphatic hydroxyl groups excluding tert-OH is 2. The van der Waals surface area contributed by atoms with Crippen LogP contribution < -0.4 is 9.47 Å². The van der Waals surface area contributed by atoms with E-state index in [2.05, 4.69) is 12.7 Å². The zero-order valence-corrected chi connectivity index (χ0v) is 35.3. The number of allylic oxidation sites excluding steroid dienone is 1. The number of fused-ring (bicyclic) bond motifs is 2. The SMILES string of the molecule is C=CCOC12Oc3ccc(Oc4cccc([N+](=O)[O-])c4)cc3C3C(CCCCO)C(CCCCO)C=C(C(=NOCC)CC1N(CCC)C(=O)C=Cc1ccc([N+](=O)[O-])cc1)C32. The van der Waals surface area contributed by atoms with E-state index in [1.807, 2.05) is 26.0 Å². The molecule has 2 aliphatic carbocycles. The maximum atomic E-state index is 14.6. The summed E-state index contributed by atoms with van der Waals surface area (Å²) in [5.74, 6) is -1.37. The average Bonchev–Trinajstić information content (AvgIpc) is 3.27. The Morgan fingerprint density at radius 1 is 0.968 bits per heavy atom. The van der Waals surface area contributed by atoms with Crippen LogP contribution in [0.1, 0.15) is 82.3 Å². The summed E-state index contributed by atoms with van der Waals surface area (Å²) in [4.78, 5) is 44.2. The third-order valence-electron chi connectivity index (χ3n) is 11.9. The van der Waals surface area contributed by atoms with Crippen molar-refractivity contribution in [2.24, 2.45) is 22.9 Å². The first kappa shape index (κ1) is 45.6. The van der Waals surface area contributed by atoms with Gasteiger partial charge in [-0.2, -0.15) is 0 Å². The van der Waals surface area contributed by atoms with E-state index in [1.54, 1.807) is 47.4 Å². The lowest BCUT2D eigenvalue weighted by Crippen LogP contribution is -2.70. The maximum Gasteiger partial charge on any atom is 0.273 e. The average molecular weight is 853 g/mol. The molecule has 0 radical (unpaired) electrons. The van der Waals surface area contributed by atoms with Gasteiger partial charge in [0.2, 0.25) is 11.7 Å². The Balaban J connectivity index is 1.55. The van der Waals surface area contributed by atoms with E-state index < -0.39 is 27.6 Å². The molecule has 1 aliphatic heterocycles. The number of benzene rings is 3. The number of non-ortho nitro benzene ring substituents is 2.